The fourth-order valence-electron chi connectivity index (χ4n) is 4.66. The highest BCUT2D eigenvalue weighted by Crippen LogP contribution is 2.33. The monoisotopic (exact) mass is 505 g/mol. The molecule has 0 amide bonds. The molecule has 8 heteroatoms. The van der Waals surface area contributed by atoms with Gasteiger partial charge in [-0.25, -0.2) is 9.18 Å². The molecule has 2 aromatic heterocycles. The van der Waals surface area contributed by atoms with E-state index >= 15 is 0 Å². The van der Waals surface area contributed by atoms with Gasteiger partial charge in [0.25, 0.3) is 5.56 Å². The van der Waals surface area contributed by atoms with E-state index in [4.69, 9.17) is 4.42 Å². The number of hydrogen-bond donors (Lipinski definition) is 2. The Hall–Kier alpha value is -3.88. The standard InChI is InChI=1S/C29H28FNO6/c1-16(33)11-19-7-6-9-21(12-19)25-18(3)31(14-22(34)15-32)28(35)26-23(17(2)29(36)37-27(25)26)13-20-8-4-5-10-24(20)30/h4-10,12,22,32,34H,11,13-15H2,1-3H3. The summed E-state index contributed by atoms with van der Waals surface area (Å²) in [5.41, 5.74) is 1.91. The summed E-state index contributed by atoms with van der Waals surface area (Å²) in [6.07, 6.45) is -1.03. The van der Waals surface area contributed by atoms with Gasteiger partial charge in [0.15, 0.2) is 5.58 Å². The second kappa shape index (κ2) is 10.6. The van der Waals surface area contributed by atoms with Crippen LogP contribution in [0.5, 0.6) is 0 Å². The SMILES string of the molecule is CC(=O)Cc1cccc(-c2c(C)n(CC(O)CO)c(=O)c3c(Cc4ccccc4F)c(C)c(=O)oc23)c1. The normalized spacial score (nSPS) is 12.2. The third-order valence-corrected chi connectivity index (χ3v) is 6.53. The number of rotatable bonds is 8. The Morgan fingerprint density at radius 3 is 2.51 bits per heavy atom. The van der Waals surface area contributed by atoms with Gasteiger partial charge in [-0.05, 0) is 49.1 Å². The fourth-order valence-corrected chi connectivity index (χ4v) is 4.66. The molecular weight excluding hydrogens is 477 g/mol. The Kier molecular flexibility index (Phi) is 7.52. The van der Waals surface area contributed by atoms with Crippen molar-refractivity contribution in [2.75, 3.05) is 6.61 Å². The molecule has 2 aromatic carbocycles. The lowest BCUT2D eigenvalue weighted by molar-refractivity contribution is -0.116. The Labute approximate surface area is 212 Å². The lowest BCUT2D eigenvalue weighted by Crippen LogP contribution is -2.32. The van der Waals surface area contributed by atoms with Crippen LogP contribution in [0.4, 0.5) is 4.39 Å². The van der Waals surface area contributed by atoms with Gasteiger partial charge in [0.05, 0.1) is 24.6 Å². The summed E-state index contributed by atoms with van der Waals surface area (Å²) in [4.78, 5) is 38.5. The topological polar surface area (TPSA) is 110 Å². The van der Waals surface area contributed by atoms with Crippen molar-refractivity contribution in [2.45, 2.75) is 46.3 Å². The number of carbonyl (C=O) groups is 1. The van der Waals surface area contributed by atoms with Crippen LogP contribution in [0.2, 0.25) is 0 Å². The largest absolute Gasteiger partial charge is 0.422 e. The number of aromatic nitrogens is 1. The Bertz CT molecular complexity index is 1620. The number of carbonyl (C=O) groups excluding carboxylic acids is 1. The fraction of sp³-hybridized carbons (Fsp3) is 0.276. The number of hydrogen-bond acceptors (Lipinski definition) is 6. The molecule has 4 rings (SSSR count). The zero-order valence-corrected chi connectivity index (χ0v) is 20.9. The molecule has 0 aliphatic heterocycles. The lowest BCUT2D eigenvalue weighted by Gasteiger charge is -2.20. The highest BCUT2D eigenvalue weighted by Gasteiger charge is 2.24. The highest BCUT2D eigenvalue weighted by atomic mass is 19.1. The number of ketones is 1. The van der Waals surface area contributed by atoms with Crippen molar-refractivity contribution in [1.82, 2.24) is 4.57 Å². The van der Waals surface area contributed by atoms with E-state index in [0.29, 0.717) is 27.9 Å². The van der Waals surface area contributed by atoms with E-state index in [1.807, 2.05) is 0 Å². The summed E-state index contributed by atoms with van der Waals surface area (Å²) in [7, 11) is 0. The van der Waals surface area contributed by atoms with E-state index in [0.717, 1.165) is 5.56 Å². The molecule has 0 saturated heterocycles. The first-order valence-corrected chi connectivity index (χ1v) is 11.9. The van der Waals surface area contributed by atoms with E-state index in [1.165, 1.54) is 24.5 Å². The first-order valence-electron chi connectivity index (χ1n) is 11.9. The molecule has 7 nitrogen and oxygen atoms in total. The van der Waals surface area contributed by atoms with Crippen molar-refractivity contribution >= 4 is 16.8 Å². The molecule has 0 radical (unpaired) electrons. The van der Waals surface area contributed by atoms with Crippen molar-refractivity contribution in [1.29, 1.82) is 0 Å². The Balaban J connectivity index is 2.12. The number of pyridine rings is 1. The quantitative estimate of drug-likeness (QED) is 0.380. The summed E-state index contributed by atoms with van der Waals surface area (Å²) in [6.45, 7) is 3.92. The first-order chi connectivity index (χ1) is 17.6. The van der Waals surface area contributed by atoms with Gasteiger partial charge in [0, 0.05) is 29.7 Å². The minimum atomic E-state index is -1.21. The number of aliphatic hydroxyl groups is 2. The minimum Gasteiger partial charge on any atom is -0.422 e. The van der Waals surface area contributed by atoms with Crippen LogP contribution in [-0.4, -0.2) is 33.3 Å². The third kappa shape index (κ3) is 5.16. The van der Waals surface area contributed by atoms with Gasteiger partial charge in [-0.15, -0.1) is 0 Å². The van der Waals surface area contributed by atoms with Gasteiger partial charge in [-0.1, -0.05) is 42.5 Å². The maximum absolute atomic E-state index is 14.6. The first kappa shape index (κ1) is 26.2. The number of nitrogens with zero attached hydrogens (tertiary/aromatic N) is 1. The maximum Gasteiger partial charge on any atom is 0.339 e. The number of aliphatic hydroxyl groups excluding tert-OH is 2. The van der Waals surface area contributed by atoms with Crippen LogP contribution in [0.25, 0.3) is 22.1 Å². The summed E-state index contributed by atoms with van der Waals surface area (Å²) in [5.74, 6) is -0.493. The van der Waals surface area contributed by atoms with Crippen LogP contribution in [0.3, 0.4) is 0 Å². The molecule has 0 spiro atoms. The second-order valence-corrected chi connectivity index (χ2v) is 9.26. The van der Waals surface area contributed by atoms with Crippen molar-refractivity contribution in [3.63, 3.8) is 0 Å². The predicted octanol–water partition coefficient (Wildman–Crippen LogP) is 3.45. The summed E-state index contributed by atoms with van der Waals surface area (Å²) in [6, 6.07) is 13.3. The second-order valence-electron chi connectivity index (χ2n) is 9.26. The molecule has 1 unspecified atom stereocenters. The molecule has 192 valence electrons. The van der Waals surface area contributed by atoms with Crippen molar-refractivity contribution < 1.29 is 23.8 Å². The van der Waals surface area contributed by atoms with Crippen LogP contribution in [-0.2, 0) is 24.2 Å². The predicted molar refractivity (Wildman–Crippen MR) is 138 cm³/mol. The minimum absolute atomic E-state index is 0.0225. The van der Waals surface area contributed by atoms with E-state index < -0.39 is 29.7 Å². The van der Waals surface area contributed by atoms with E-state index in [2.05, 4.69) is 0 Å². The van der Waals surface area contributed by atoms with E-state index in [9.17, 15) is 29.0 Å². The molecule has 2 N–H and O–H groups in total. The molecular formula is C29H28FNO6. The average molecular weight is 506 g/mol. The number of fused-ring (bicyclic) bond motifs is 1. The molecule has 1 atom stereocenters. The van der Waals surface area contributed by atoms with E-state index in [1.54, 1.807) is 49.4 Å². The van der Waals surface area contributed by atoms with Crippen molar-refractivity contribution in [2.24, 2.45) is 0 Å². The van der Waals surface area contributed by atoms with Crippen LogP contribution >= 0.6 is 0 Å². The zero-order valence-electron chi connectivity index (χ0n) is 20.9. The molecule has 0 fully saturated rings. The lowest BCUT2D eigenvalue weighted by atomic mass is 9.93. The molecule has 0 bridgehead atoms. The van der Waals surface area contributed by atoms with Crippen LogP contribution in [0.1, 0.15) is 34.9 Å². The molecule has 2 heterocycles. The van der Waals surface area contributed by atoms with Gasteiger partial charge in [-0.3, -0.25) is 9.59 Å². The smallest absolute Gasteiger partial charge is 0.339 e. The Morgan fingerprint density at radius 1 is 1.11 bits per heavy atom. The Morgan fingerprint density at radius 2 is 1.84 bits per heavy atom. The zero-order chi connectivity index (χ0) is 26.9. The molecule has 4 aromatic rings. The van der Waals surface area contributed by atoms with Gasteiger partial charge in [0.1, 0.15) is 11.6 Å². The van der Waals surface area contributed by atoms with Crippen LogP contribution < -0.4 is 11.2 Å². The van der Waals surface area contributed by atoms with Gasteiger partial charge < -0.3 is 19.2 Å². The van der Waals surface area contributed by atoms with Gasteiger partial charge in [-0.2, -0.15) is 0 Å². The maximum atomic E-state index is 14.6. The van der Waals surface area contributed by atoms with E-state index in [-0.39, 0.29) is 41.7 Å². The summed E-state index contributed by atoms with van der Waals surface area (Å²) < 4.78 is 21.6. The van der Waals surface area contributed by atoms with Crippen LogP contribution in [0, 0.1) is 19.7 Å². The number of Topliss-reactive ketones (excluding diaryl/α,β-unsaturated/α-hetero) is 1. The molecule has 37 heavy (non-hydrogen) atoms. The third-order valence-electron chi connectivity index (χ3n) is 6.53. The molecule has 0 saturated carbocycles. The van der Waals surface area contributed by atoms with Crippen molar-refractivity contribution in [3.05, 3.63) is 103 Å². The average Bonchev–Trinajstić information content (AvgIpc) is 2.85. The van der Waals surface area contributed by atoms with Crippen molar-refractivity contribution in [3.8, 4) is 11.1 Å². The number of halogens is 1. The number of benzene rings is 2. The molecule has 0 aliphatic carbocycles. The summed E-state index contributed by atoms with van der Waals surface area (Å²) >= 11 is 0. The van der Waals surface area contributed by atoms with Gasteiger partial charge >= 0.3 is 5.63 Å². The van der Waals surface area contributed by atoms with Gasteiger partial charge in [0.2, 0.25) is 0 Å². The van der Waals surface area contributed by atoms with Crippen LogP contribution in [0.15, 0.2) is 62.5 Å². The molecule has 0 aliphatic rings. The highest BCUT2D eigenvalue weighted by molar-refractivity contribution is 5.95. The summed E-state index contributed by atoms with van der Waals surface area (Å²) in [5, 5.41) is 19.8.